The number of hydrogen-bond acceptors (Lipinski definition) is 4. The van der Waals surface area contributed by atoms with Crippen molar-refractivity contribution in [2.75, 3.05) is 16.8 Å². The molecule has 0 aliphatic heterocycles. The highest BCUT2D eigenvalue weighted by Crippen LogP contribution is 2.22. The third-order valence-corrected chi connectivity index (χ3v) is 5.42. The maximum Gasteiger partial charge on any atom is 0.225 e. The molecule has 0 aliphatic carbocycles. The van der Waals surface area contributed by atoms with Crippen LogP contribution in [0.5, 0.6) is 0 Å². The largest absolute Gasteiger partial charge is 0.397 e. The SMILES string of the molecule is Nc1cc(Cl)ccc1NC(=O)CCS(=O)c1cccs1. The number of carbonyl (C=O) groups is 1. The van der Waals surface area contributed by atoms with Crippen molar-refractivity contribution in [3.63, 3.8) is 0 Å². The molecule has 0 saturated carbocycles. The summed E-state index contributed by atoms with van der Waals surface area (Å²) in [5.74, 6) is 0.0729. The first-order valence-electron chi connectivity index (χ1n) is 5.83. The third-order valence-electron chi connectivity index (χ3n) is 2.52. The summed E-state index contributed by atoms with van der Waals surface area (Å²) in [6.45, 7) is 0. The second-order valence-electron chi connectivity index (χ2n) is 4.01. The minimum atomic E-state index is -1.13. The van der Waals surface area contributed by atoms with Crippen LogP contribution < -0.4 is 11.1 Å². The van der Waals surface area contributed by atoms with E-state index in [4.69, 9.17) is 17.3 Å². The Morgan fingerprint density at radius 3 is 2.85 bits per heavy atom. The zero-order valence-electron chi connectivity index (χ0n) is 10.5. The molecule has 2 rings (SSSR count). The molecule has 3 N–H and O–H groups in total. The molecule has 1 heterocycles. The van der Waals surface area contributed by atoms with Crippen LogP contribution in [0.4, 0.5) is 11.4 Å². The molecule has 20 heavy (non-hydrogen) atoms. The van der Waals surface area contributed by atoms with Gasteiger partial charge in [0.25, 0.3) is 0 Å². The highest BCUT2D eigenvalue weighted by molar-refractivity contribution is 7.87. The van der Waals surface area contributed by atoms with E-state index in [1.807, 2.05) is 11.4 Å². The molecule has 0 radical (unpaired) electrons. The van der Waals surface area contributed by atoms with Gasteiger partial charge in [0, 0.05) is 17.2 Å². The van der Waals surface area contributed by atoms with E-state index < -0.39 is 10.8 Å². The van der Waals surface area contributed by atoms with Crippen LogP contribution in [0.2, 0.25) is 5.02 Å². The summed E-state index contributed by atoms with van der Waals surface area (Å²) in [4.78, 5) is 11.8. The van der Waals surface area contributed by atoms with Crippen LogP contribution in [-0.2, 0) is 15.6 Å². The lowest BCUT2D eigenvalue weighted by Gasteiger charge is -2.08. The quantitative estimate of drug-likeness (QED) is 0.828. The number of carbonyl (C=O) groups excluding carboxylic acids is 1. The van der Waals surface area contributed by atoms with Gasteiger partial charge in [0.2, 0.25) is 5.91 Å². The Morgan fingerprint density at radius 1 is 1.40 bits per heavy atom. The molecule has 1 aromatic heterocycles. The number of benzene rings is 1. The first-order valence-corrected chi connectivity index (χ1v) is 8.40. The Morgan fingerprint density at radius 2 is 2.20 bits per heavy atom. The van der Waals surface area contributed by atoms with E-state index in [2.05, 4.69) is 5.32 Å². The van der Waals surface area contributed by atoms with Crippen LogP contribution >= 0.6 is 22.9 Å². The van der Waals surface area contributed by atoms with Gasteiger partial charge in [-0.25, -0.2) is 0 Å². The van der Waals surface area contributed by atoms with Crippen molar-refractivity contribution >= 4 is 51.0 Å². The van der Waals surface area contributed by atoms with E-state index in [1.165, 1.54) is 11.3 Å². The predicted octanol–water partition coefficient (Wildman–Crippen LogP) is 3.12. The lowest BCUT2D eigenvalue weighted by molar-refractivity contribution is -0.115. The molecule has 1 amide bonds. The highest BCUT2D eigenvalue weighted by Gasteiger charge is 2.10. The van der Waals surface area contributed by atoms with Gasteiger partial charge in [-0.2, -0.15) is 0 Å². The molecule has 0 aliphatic rings. The molecule has 1 aromatic carbocycles. The van der Waals surface area contributed by atoms with E-state index in [1.54, 1.807) is 24.3 Å². The normalized spacial score (nSPS) is 12.1. The van der Waals surface area contributed by atoms with Gasteiger partial charge in [0.15, 0.2) is 0 Å². The number of anilines is 2. The van der Waals surface area contributed by atoms with Crippen LogP contribution in [0, 0.1) is 0 Å². The predicted molar refractivity (Wildman–Crippen MR) is 84.7 cm³/mol. The van der Waals surface area contributed by atoms with E-state index in [9.17, 15) is 9.00 Å². The molecule has 1 unspecified atom stereocenters. The second kappa shape index (κ2) is 6.88. The standard InChI is InChI=1S/C13H13ClN2O2S2/c14-9-3-4-11(10(15)8-9)16-12(17)5-7-20(18)13-2-1-6-19-13/h1-4,6,8H,5,7,15H2,(H,16,17). The van der Waals surface area contributed by atoms with Gasteiger partial charge in [-0.15, -0.1) is 11.3 Å². The average molecular weight is 329 g/mol. The average Bonchev–Trinajstić information content (AvgIpc) is 2.93. The summed E-state index contributed by atoms with van der Waals surface area (Å²) in [6.07, 6.45) is 0.173. The van der Waals surface area contributed by atoms with Crippen LogP contribution in [0.3, 0.4) is 0 Å². The Kier molecular flexibility index (Phi) is 5.17. The van der Waals surface area contributed by atoms with E-state index in [0.29, 0.717) is 22.2 Å². The molecular weight excluding hydrogens is 316 g/mol. The summed E-state index contributed by atoms with van der Waals surface area (Å²) in [6, 6.07) is 8.51. The smallest absolute Gasteiger partial charge is 0.225 e. The van der Waals surface area contributed by atoms with Gasteiger partial charge in [-0.1, -0.05) is 17.7 Å². The van der Waals surface area contributed by atoms with Gasteiger partial charge in [-0.3, -0.25) is 9.00 Å². The molecule has 0 fully saturated rings. The number of rotatable bonds is 5. The van der Waals surface area contributed by atoms with Crippen LogP contribution in [0.1, 0.15) is 6.42 Å². The summed E-state index contributed by atoms with van der Waals surface area (Å²) in [5, 5.41) is 5.06. The topological polar surface area (TPSA) is 72.2 Å². The number of amides is 1. The fourth-order valence-corrected chi connectivity index (χ4v) is 3.82. The van der Waals surface area contributed by atoms with Crippen molar-refractivity contribution in [2.45, 2.75) is 10.6 Å². The van der Waals surface area contributed by atoms with Gasteiger partial charge in [0.05, 0.1) is 26.4 Å². The van der Waals surface area contributed by atoms with Crippen LogP contribution in [-0.4, -0.2) is 15.9 Å². The van der Waals surface area contributed by atoms with Crippen molar-refractivity contribution < 1.29 is 9.00 Å². The summed E-state index contributed by atoms with van der Waals surface area (Å²) >= 11 is 7.21. The second-order valence-corrected chi connectivity index (χ2v) is 7.19. The molecule has 0 saturated heterocycles. The van der Waals surface area contributed by atoms with E-state index in [0.717, 1.165) is 4.21 Å². The van der Waals surface area contributed by atoms with Crippen molar-refractivity contribution in [1.29, 1.82) is 0 Å². The minimum absolute atomic E-state index is 0.173. The Hall–Kier alpha value is -1.37. The monoisotopic (exact) mass is 328 g/mol. The Bertz CT molecular complexity index is 629. The maximum absolute atomic E-state index is 11.9. The molecule has 0 spiro atoms. The van der Waals surface area contributed by atoms with Gasteiger partial charge < -0.3 is 11.1 Å². The van der Waals surface area contributed by atoms with Crippen molar-refractivity contribution in [1.82, 2.24) is 0 Å². The number of hydrogen-bond donors (Lipinski definition) is 2. The first kappa shape index (κ1) is 15.0. The van der Waals surface area contributed by atoms with Gasteiger partial charge in [-0.05, 0) is 29.6 Å². The van der Waals surface area contributed by atoms with Crippen molar-refractivity contribution in [3.05, 3.63) is 40.7 Å². The molecule has 0 bridgehead atoms. The molecule has 2 aromatic rings. The number of nitrogen functional groups attached to an aromatic ring is 1. The lowest BCUT2D eigenvalue weighted by atomic mass is 10.2. The summed E-state index contributed by atoms with van der Waals surface area (Å²) < 4.78 is 12.7. The fraction of sp³-hybridized carbons (Fsp3) is 0.154. The minimum Gasteiger partial charge on any atom is -0.397 e. The Labute approximate surface area is 128 Å². The van der Waals surface area contributed by atoms with Gasteiger partial charge >= 0.3 is 0 Å². The molecule has 4 nitrogen and oxygen atoms in total. The fourth-order valence-electron chi connectivity index (χ4n) is 1.54. The summed E-state index contributed by atoms with van der Waals surface area (Å²) in [7, 11) is -1.13. The number of halogens is 1. The Balaban J connectivity index is 1.88. The summed E-state index contributed by atoms with van der Waals surface area (Å²) in [5.41, 5.74) is 6.67. The highest BCUT2D eigenvalue weighted by atomic mass is 35.5. The van der Waals surface area contributed by atoms with E-state index >= 15 is 0 Å². The van der Waals surface area contributed by atoms with Gasteiger partial charge in [0.1, 0.15) is 0 Å². The zero-order chi connectivity index (χ0) is 14.5. The maximum atomic E-state index is 11.9. The molecule has 106 valence electrons. The molecule has 7 heteroatoms. The number of nitrogens with one attached hydrogen (secondary N) is 1. The van der Waals surface area contributed by atoms with Crippen molar-refractivity contribution in [2.24, 2.45) is 0 Å². The van der Waals surface area contributed by atoms with Crippen LogP contribution in [0.25, 0.3) is 0 Å². The zero-order valence-corrected chi connectivity index (χ0v) is 12.9. The molecule has 1 atom stereocenters. The first-order chi connectivity index (χ1) is 9.56. The van der Waals surface area contributed by atoms with Crippen LogP contribution in [0.15, 0.2) is 39.9 Å². The number of thiophene rings is 1. The van der Waals surface area contributed by atoms with Crippen molar-refractivity contribution in [3.8, 4) is 0 Å². The third kappa shape index (κ3) is 4.06. The number of nitrogens with two attached hydrogens (primary N) is 1. The lowest BCUT2D eigenvalue weighted by Crippen LogP contribution is -2.15. The molecular formula is C13H13ClN2O2S2. The van der Waals surface area contributed by atoms with E-state index in [-0.39, 0.29) is 12.3 Å².